The van der Waals surface area contributed by atoms with E-state index in [2.05, 4.69) is 7.35 Å². The molecule has 0 unspecified atom stereocenters. The van der Waals surface area contributed by atoms with E-state index in [1.807, 2.05) is 0 Å². The van der Waals surface area contributed by atoms with Crippen molar-refractivity contribution in [2.75, 3.05) is 0 Å². The van der Waals surface area contributed by atoms with Crippen LogP contribution in [0.15, 0.2) is 72.8 Å². The first-order valence-corrected chi connectivity index (χ1v) is 12.8. The molecule has 0 aliphatic carbocycles. The number of aromatic carboxylic acids is 6. The Hall–Kier alpha value is -3.83. The van der Waals surface area contributed by atoms with E-state index in [0.717, 1.165) is 86.4 Å². The molecule has 0 heterocycles. The molecule has 0 aromatic heterocycles. The summed E-state index contributed by atoms with van der Waals surface area (Å²) in [6, 6.07) is 15.4. The van der Waals surface area contributed by atoms with Gasteiger partial charge >= 0.3 is 57.4 Å². The maximum absolute atomic E-state index is 10.3. The summed E-state index contributed by atoms with van der Waals surface area (Å²) in [6.45, 7) is 0. The van der Waals surface area contributed by atoms with Crippen LogP contribution in [0.3, 0.4) is 0 Å². The second-order valence-electron chi connectivity index (χ2n) is 6.36. The summed E-state index contributed by atoms with van der Waals surface area (Å²) in [5, 5.41) is 61.9. The van der Waals surface area contributed by atoms with Gasteiger partial charge in [-0.2, -0.15) is 0 Å². The van der Waals surface area contributed by atoms with Gasteiger partial charge < -0.3 is 59.4 Å². The molecule has 3 aromatic carbocycles. The molecule has 16 heteroatoms. The number of carbonyl (C=O) groups is 6. The monoisotopic (exact) mass is 704 g/mol. The third kappa shape index (κ3) is 13.3. The Morgan fingerprint density at radius 3 is 0.525 bits per heavy atom. The van der Waals surface area contributed by atoms with Gasteiger partial charge in [0.05, 0.1) is 35.8 Å². The van der Waals surface area contributed by atoms with E-state index in [1.54, 1.807) is 0 Å². The molecule has 14 nitrogen and oxygen atoms in total. The van der Waals surface area contributed by atoms with Crippen molar-refractivity contribution < 1.29 is 109 Å². The van der Waals surface area contributed by atoms with Crippen LogP contribution in [0.4, 0.5) is 0 Å². The summed E-state index contributed by atoms with van der Waals surface area (Å²) in [4.78, 5) is 61.9. The topological polar surface area (TPSA) is 293 Å². The predicted molar refractivity (Wildman–Crippen MR) is 114 cm³/mol. The Labute approximate surface area is 257 Å². The van der Waals surface area contributed by atoms with Gasteiger partial charge in [0.1, 0.15) is 0 Å². The summed E-state index contributed by atoms with van der Waals surface area (Å²) in [6.07, 6.45) is 0. The van der Waals surface area contributed by atoms with Crippen LogP contribution < -0.4 is 38.0 Å². The van der Waals surface area contributed by atoms with Gasteiger partial charge in [-0.1, -0.05) is 72.8 Å². The molecule has 0 saturated carbocycles. The molecule has 0 radical (unpaired) electrons. The van der Waals surface area contributed by atoms with Crippen LogP contribution in [0.2, 0.25) is 0 Å². The van der Waals surface area contributed by atoms with Gasteiger partial charge in [-0.05, 0) is 0 Å². The van der Waals surface area contributed by atoms with Crippen molar-refractivity contribution in [3.8, 4) is 0 Å². The van der Waals surface area contributed by atoms with E-state index in [0.29, 0.717) is 0 Å². The molecule has 3 aromatic rings. The van der Waals surface area contributed by atoms with E-state index in [-0.39, 0.29) is 33.4 Å². The Kier molecular flexibility index (Phi) is 20.2. The van der Waals surface area contributed by atoms with Crippen molar-refractivity contribution >= 4 is 35.8 Å². The van der Waals surface area contributed by atoms with Crippen LogP contribution in [0.5, 0.6) is 0 Å². The Balaban J connectivity index is 0. The van der Waals surface area contributed by atoms with Crippen LogP contribution in [-0.2, 0) is 50.0 Å². The van der Waals surface area contributed by atoms with Gasteiger partial charge in [-0.15, -0.1) is 0 Å². The number of rotatable bonds is 6. The normalized spacial score (nSPS) is 8.75. The SMILES string of the molecule is O=C([O-])c1ccccc1C(=O)[O-].O=C([O-])c1ccccc1C(=O)[O-].O=C([O-])c1ccccc1C(=O)[O-].[NH2][Zr+3].[NH2][Zr+3]. The van der Waals surface area contributed by atoms with Crippen LogP contribution in [0.1, 0.15) is 62.1 Å². The first-order chi connectivity index (χ1) is 18.9. The molecule has 4 N–H and O–H groups in total. The average molecular weight is 707 g/mol. The molecule has 0 spiro atoms. The van der Waals surface area contributed by atoms with Gasteiger partial charge in [0.2, 0.25) is 0 Å². The van der Waals surface area contributed by atoms with Crippen LogP contribution >= 0.6 is 0 Å². The first kappa shape index (κ1) is 38.3. The van der Waals surface area contributed by atoms with Gasteiger partial charge in [-0.25, -0.2) is 0 Å². The maximum atomic E-state index is 10.3. The molecule has 40 heavy (non-hydrogen) atoms. The molecule has 0 amide bonds. The standard InChI is InChI=1S/3C8H6O4.2H2N.2Zr/c3*9-7(10)5-3-1-2-4-6(5)8(11)12;;;;/h3*1-4H,(H,9,10)(H,11,12);2*1H2;;/q;;;2*-1;2*+4/p-6. The number of carboxylic acids is 6. The van der Waals surface area contributed by atoms with Crippen LogP contribution in [-0.4, -0.2) is 35.8 Å². The van der Waals surface area contributed by atoms with Gasteiger partial charge in [0.25, 0.3) is 0 Å². The van der Waals surface area contributed by atoms with Crippen molar-refractivity contribution in [3.05, 3.63) is 106 Å². The van der Waals surface area contributed by atoms with E-state index in [1.165, 1.54) is 36.4 Å². The van der Waals surface area contributed by atoms with Crippen LogP contribution in [0.25, 0.3) is 0 Å². The summed E-state index contributed by atoms with van der Waals surface area (Å²) in [7, 11) is 0. The fourth-order valence-electron chi connectivity index (χ4n) is 2.52. The number of carbonyl (C=O) groups excluding carboxylic acids is 6. The average Bonchev–Trinajstić information content (AvgIpc) is 2.95. The summed E-state index contributed by atoms with van der Waals surface area (Å²) >= 11 is 2.10. The van der Waals surface area contributed by atoms with Gasteiger partial charge in [0.15, 0.2) is 0 Å². The third-order valence-electron chi connectivity index (χ3n) is 4.10. The molecular formula is C24H16N2O12Zr2. The second kappa shape index (κ2) is 21.0. The first-order valence-electron chi connectivity index (χ1n) is 10.0. The van der Waals surface area contributed by atoms with Gasteiger partial charge in [0, 0.05) is 33.4 Å². The molecule has 0 atom stereocenters. The van der Waals surface area contributed by atoms with E-state index in [9.17, 15) is 59.4 Å². The van der Waals surface area contributed by atoms with Crippen LogP contribution in [0, 0.1) is 0 Å². The molecule has 0 aliphatic rings. The number of hydrogen-bond donors (Lipinski definition) is 2. The van der Waals surface area contributed by atoms with Crippen molar-refractivity contribution in [2.24, 2.45) is 7.35 Å². The Morgan fingerprint density at radius 2 is 0.450 bits per heavy atom. The summed E-state index contributed by atoms with van der Waals surface area (Å²) in [5.41, 5.74) is -2.18. The zero-order valence-corrected chi connectivity index (χ0v) is 24.9. The van der Waals surface area contributed by atoms with Crippen molar-refractivity contribution in [3.63, 3.8) is 0 Å². The minimum absolute atomic E-state index is 0.363. The quantitative estimate of drug-likeness (QED) is 0.241. The van der Waals surface area contributed by atoms with Crippen molar-refractivity contribution in [2.45, 2.75) is 0 Å². The predicted octanol–water partition coefficient (Wildman–Crippen LogP) is -5.95. The van der Waals surface area contributed by atoms with Crippen molar-refractivity contribution in [1.29, 1.82) is 0 Å². The molecule has 202 valence electrons. The molecule has 0 fully saturated rings. The second-order valence-corrected chi connectivity index (χ2v) is 6.36. The molecular weight excluding hydrogens is 691 g/mol. The van der Waals surface area contributed by atoms with Gasteiger partial charge in [-0.3, -0.25) is 0 Å². The van der Waals surface area contributed by atoms with Crippen molar-refractivity contribution in [1.82, 2.24) is 0 Å². The zero-order valence-electron chi connectivity index (χ0n) is 20.0. The Morgan fingerprint density at radius 1 is 0.350 bits per heavy atom. The molecule has 3 rings (SSSR count). The number of benzene rings is 3. The fraction of sp³-hybridized carbons (Fsp3) is 0. The molecule has 0 aliphatic heterocycles. The number of hydrogen-bond acceptors (Lipinski definition) is 14. The zero-order chi connectivity index (χ0) is 31.4. The Bertz CT molecular complexity index is 1070. The summed E-state index contributed by atoms with van der Waals surface area (Å²) < 4.78 is 9.18. The number of carboxylic acid groups (broad SMARTS) is 6. The molecule has 0 saturated heterocycles. The van der Waals surface area contributed by atoms with E-state index in [4.69, 9.17) is 0 Å². The minimum atomic E-state index is -1.52. The fourth-order valence-corrected chi connectivity index (χ4v) is 2.52. The summed E-state index contributed by atoms with van der Waals surface area (Å²) in [5.74, 6) is -9.11. The third-order valence-corrected chi connectivity index (χ3v) is 4.10. The van der Waals surface area contributed by atoms with E-state index < -0.39 is 35.8 Å². The number of nitrogens with two attached hydrogens (primary N) is 2. The molecule has 0 bridgehead atoms. The van der Waals surface area contributed by atoms with E-state index >= 15 is 0 Å².